The number of nitrogen functional groups attached to an aromatic ring is 1. The predicted molar refractivity (Wildman–Crippen MR) is 124 cm³/mol. The van der Waals surface area contributed by atoms with Crippen LogP contribution < -0.4 is 5.73 Å². The Bertz CT molecular complexity index is 1540. The van der Waals surface area contributed by atoms with E-state index >= 15 is 0 Å². The summed E-state index contributed by atoms with van der Waals surface area (Å²) in [6.07, 6.45) is 8.92. The summed E-state index contributed by atoms with van der Waals surface area (Å²) in [6, 6.07) is -0.108. The molecule has 3 atom stereocenters. The molecule has 2 aliphatic heterocycles. The van der Waals surface area contributed by atoms with Crippen LogP contribution in [0.4, 0.5) is 5.82 Å². The molecule has 0 unspecified atom stereocenters. The topological polar surface area (TPSA) is 181 Å². The van der Waals surface area contributed by atoms with Crippen molar-refractivity contribution in [3.8, 4) is 11.1 Å². The lowest BCUT2D eigenvalue weighted by Crippen LogP contribution is -2.46. The first kappa shape index (κ1) is 21.7. The summed E-state index contributed by atoms with van der Waals surface area (Å²) in [5, 5.41) is 18.9. The van der Waals surface area contributed by atoms with Gasteiger partial charge in [0, 0.05) is 41.6 Å². The van der Waals surface area contributed by atoms with E-state index in [9.17, 15) is 13.2 Å². The van der Waals surface area contributed by atoms with Crippen molar-refractivity contribution in [1.82, 2.24) is 44.9 Å². The molecule has 2 fully saturated rings. The van der Waals surface area contributed by atoms with Crippen LogP contribution in [0.25, 0.3) is 16.8 Å². The van der Waals surface area contributed by atoms with Crippen molar-refractivity contribution in [2.24, 2.45) is 0 Å². The number of fused-ring (bicyclic) bond motifs is 3. The molecule has 2 bridgehead atoms. The quantitative estimate of drug-likeness (QED) is 0.372. The van der Waals surface area contributed by atoms with Gasteiger partial charge in [0.2, 0.25) is 5.82 Å². The molecule has 0 aromatic carbocycles. The van der Waals surface area contributed by atoms with Crippen LogP contribution in [0.5, 0.6) is 0 Å². The fourth-order valence-corrected chi connectivity index (χ4v) is 6.63. The Hall–Kier alpha value is -3.81. The van der Waals surface area contributed by atoms with Crippen LogP contribution >= 0.6 is 0 Å². The second-order valence-corrected chi connectivity index (χ2v) is 11.2. The molecule has 6 rings (SSSR count). The number of aryl methyl sites for hydroxylation is 1. The van der Waals surface area contributed by atoms with Gasteiger partial charge in [-0.1, -0.05) is 0 Å². The number of nitrogens with two attached hydrogens (primary N) is 1. The third-order valence-electron chi connectivity index (χ3n) is 7.00. The number of rotatable bonds is 4. The summed E-state index contributed by atoms with van der Waals surface area (Å²) in [5.74, 6) is 0.473. The number of carbonyl (C=O) groups is 1. The maximum atomic E-state index is 13.2. The molecule has 4 N–H and O–H groups in total. The first-order valence-electron chi connectivity index (χ1n) is 11.3. The van der Waals surface area contributed by atoms with Crippen molar-refractivity contribution in [3.63, 3.8) is 0 Å². The largest absolute Gasteiger partial charge is 0.382 e. The summed E-state index contributed by atoms with van der Waals surface area (Å²) in [7, 11) is -3.70. The number of nitrogens with zero attached hydrogens (tertiary/aromatic N) is 7. The van der Waals surface area contributed by atoms with Crippen LogP contribution in [0.3, 0.4) is 0 Å². The fraction of sp³-hybridized carbons (Fsp3) is 0.429. The van der Waals surface area contributed by atoms with Gasteiger partial charge < -0.3 is 15.6 Å². The van der Waals surface area contributed by atoms with Crippen LogP contribution in [-0.4, -0.2) is 77.5 Å². The van der Waals surface area contributed by atoms with Gasteiger partial charge in [0.1, 0.15) is 16.5 Å². The zero-order valence-corrected chi connectivity index (χ0v) is 19.9. The lowest BCUT2D eigenvalue weighted by molar-refractivity contribution is 0.0556. The molecule has 2 saturated heterocycles. The highest BCUT2D eigenvalue weighted by Gasteiger charge is 2.46. The highest BCUT2D eigenvalue weighted by Crippen LogP contribution is 2.45. The Labute approximate surface area is 200 Å². The molecule has 35 heavy (non-hydrogen) atoms. The molecule has 182 valence electrons. The molecular weight excluding hydrogens is 472 g/mol. The normalized spacial score (nSPS) is 22.2. The standard InChI is InChI=1S/C21H24N10O3S/c1-10-26-19(29-28-10)21(32)30-13-3-4-14(30)6-11(5-13)16-17(35(2,33)34)18(22)31-20(27-16)15(9-25-31)12-7-23-24-8-12/h7-9,11,13-14H,3-6,22H2,1-2H3,(H,23,24)(H,26,28,29)/t11-,13+,14-. The smallest absolute Gasteiger partial charge is 0.292 e. The number of anilines is 1. The number of carbonyl (C=O) groups excluding carboxylic acids is 1. The first-order chi connectivity index (χ1) is 16.7. The van der Waals surface area contributed by atoms with Gasteiger partial charge in [-0.15, -0.1) is 10.2 Å². The lowest BCUT2D eigenvalue weighted by Gasteiger charge is -2.38. The maximum Gasteiger partial charge on any atom is 0.292 e. The highest BCUT2D eigenvalue weighted by atomic mass is 32.2. The van der Waals surface area contributed by atoms with Crippen molar-refractivity contribution < 1.29 is 13.2 Å². The Morgan fingerprint density at radius 3 is 2.51 bits per heavy atom. The molecule has 4 aromatic heterocycles. The van der Waals surface area contributed by atoms with E-state index in [-0.39, 0.29) is 40.4 Å². The molecule has 1 amide bonds. The zero-order valence-electron chi connectivity index (χ0n) is 19.1. The van der Waals surface area contributed by atoms with Crippen LogP contribution in [0, 0.1) is 6.92 Å². The predicted octanol–water partition coefficient (Wildman–Crippen LogP) is 1.08. The van der Waals surface area contributed by atoms with Gasteiger partial charge >= 0.3 is 0 Å². The Morgan fingerprint density at radius 2 is 1.91 bits per heavy atom. The molecule has 2 aliphatic rings. The van der Waals surface area contributed by atoms with E-state index in [1.807, 2.05) is 4.90 Å². The van der Waals surface area contributed by atoms with Crippen LogP contribution in [-0.2, 0) is 9.84 Å². The van der Waals surface area contributed by atoms with Crippen LogP contribution in [0.2, 0.25) is 0 Å². The summed E-state index contributed by atoms with van der Waals surface area (Å²) in [5.41, 5.74) is 8.76. The number of H-pyrrole nitrogens is 2. The monoisotopic (exact) mass is 496 g/mol. The summed E-state index contributed by atoms with van der Waals surface area (Å²) >= 11 is 0. The minimum Gasteiger partial charge on any atom is -0.382 e. The molecule has 0 aliphatic carbocycles. The third-order valence-corrected chi connectivity index (χ3v) is 8.16. The van der Waals surface area contributed by atoms with E-state index in [1.54, 1.807) is 25.5 Å². The molecule has 6 heterocycles. The van der Waals surface area contributed by atoms with Gasteiger partial charge in [-0.25, -0.2) is 13.4 Å². The molecule has 14 heteroatoms. The van der Waals surface area contributed by atoms with E-state index in [4.69, 9.17) is 10.7 Å². The molecule has 13 nitrogen and oxygen atoms in total. The fourth-order valence-electron chi connectivity index (χ4n) is 5.57. The summed E-state index contributed by atoms with van der Waals surface area (Å²) < 4.78 is 27.1. The van der Waals surface area contributed by atoms with Crippen molar-refractivity contribution in [2.75, 3.05) is 12.0 Å². The van der Waals surface area contributed by atoms with E-state index in [2.05, 4.69) is 30.5 Å². The van der Waals surface area contributed by atoms with E-state index in [0.29, 0.717) is 35.6 Å². The average Bonchev–Trinajstić information content (AvgIpc) is 3.58. The lowest BCUT2D eigenvalue weighted by atomic mass is 9.87. The number of hydrogen-bond acceptors (Lipinski definition) is 9. The van der Waals surface area contributed by atoms with Crippen LogP contribution in [0.1, 0.15) is 53.7 Å². The third kappa shape index (κ3) is 3.38. The zero-order chi connectivity index (χ0) is 24.5. The van der Waals surface area contributed by atoms with Crippen molar-refractivity contribution in [1.29, 1.82) is 0 Å². The van der Waals surface area contributed by atoms with Crippen LogP contribution in [0.15, 0.2) is 23.5 Å². The van der Waals surface area contributed by atoms with Crippen molar-refractivity contribution in [3.05, 3.63) is 35.9 Å². The second-order valence-electron chi connectivity index (χ2n) is 9.29. The number of amides is 1. The Morgan fingerprint density at radius 1 is 1.17 bits per heavy atom. The number of piperidine rings is 1. The second kappa shape index (κ2) is 7.60. The minimum absolute atomic E-state index is 0.00174. The molecule has 0 spiro atoms. The van der Waals surface area contributed by atoms with Gasteiger partial charge in [0.25, 0.3) is 5.91 Å². The molecular formula is C21H24N10O3S. The number of nitrogens with one attached hydrogen (secondary N) is 2. The highest BCUT2D eigenvalue weighted by molar-refractivity contribution is 7.91. The minimum atomic E-state index is -3.70. The molecule has 0 radical (unpaired) electrons. The number of aromatic amines is 2. The number of hydrogen-bond donors (Lipinski definition) is 3. The van der Waals surface area contributed by atoms with Gasteiger partial charge in [0.15, 0.2) is 15.5 Å². The van der Waals surface area contributed by atoms with Gasteiger partial charge in [-0.05, 0) is 32.6 Å². The van der Waals surface area contributed by atoms with Crippen molar-refractivity contribution >= 4 is 27.2 Å². The number of aromatic nitrogens is 8. The van der Waals surface area contributed by atoms with E-state index in [1.165, 1.54) is 4.52 Å². The summed E-state index contributed by atoms with van der Waals surface area (Å²) in [4.78, 5) is 22.8. The number of sulfone groups is 1. The maximum absolute atomic E-state index is 13.2. The SMILES string of the molecule is Cc1nnc(C(=O)N2[C@@H]3CC[C@H]2C[C@@H](c2nc4c(-c5cn[nH]c5)cnn4c(N)c2S(C)(=O)=O)C3)[nH]1. The molecule has 4 aromatic rings. The summed E-state index contributed by atoms with van der Waals surface area (Å²) in [6.45, 7) is 1.75. The molecule has 0 saturated carbocycles. The van der Waals surface area contributed by atoms with Gasteiger partial charge in [0.05, 0.1) is 18.1 Å². The van der Waals surface area contributed by atoms with E-state index < -0.39 is 9.84 Å². The van der Waals surface area contributed by atoms with E-state index in [0.717, 1.165) is 24.7 Å². The Balaban J connectivity index is 1.43. The average molecular weight is 497 g/mol. The van der Waals surface area contributed by atoms with Gasteiger partial charge in [-0.3, -0.25) is 9.89 Å². The van der Waals surface area contributed by atoms with Crippen molar-refractivity contribution in [2.45, 2.75) is 55.5 Å². The van der Waals surface area contributed by atoms with Gasteiger partial charge in [-0.2, -0.15) is 14.7 Å². The first-order valence-corrected chi connectivity index (χ1v) is 13.2. The Kier molecular flexibility index (Phi) is 4.71.